The Bertz CT molecular complexity index is 2230. The summed E-state index contributed by atoms with van der Waals surface area (Å²) < 4.78 is 133. The minimum atomic E-state index is -5.15. The molecule has 0 unspecified atom stereocenters. The van der Waals surface area contributed by atoms with Crippen LogP contribution in [-0.2, 0) is 25.3 Å². The van der Waals surface area contributed by atoms with Crippen molar-refractivity contribution in [1.29, 1.82) is 0 Å². The number of anilines is 2. The second-order valence-corrected chi connectivity index (χ2v) is 17.3. The van der Waals surface area contributed by atoms with Gasteiger partial charge in [-0.25, -0.2) is 18.2 Å². The molecule has 5 aliphatic heterocycles. The number of hydrogen-bond acceptors (Lipinski definition) is 12. The number of ether oxygens (including phenoxy) is 2. The first-order valence-electron chi connectivity index (χ1n) is 18.6. The van der Waals surface area contributed by atoms with Crippen molar-refractivity contribution in [1.82, 2.24) is 24.8 Å². The first kappa shape index (κ1) is 38.7. The Balaban J connectivity index is 1.28. The number of amides is 1. The molecule has 20 heteroatoms. The summed E-state index contributed by atoms with van der Waals surface area (Å²) in [5.74, 6) is -3.73. The van der Waals surface area contributed by atoms with E-state index in [2.05, 4.69) is 9.97 Å². The van der Waals surface area contributed by atoms with E-state index in [9.17, 15) is 35.2 Å². The number of pyridine rings is 1. The lowest BCUT2D eigenvalue weighted by Gasteiger charge is -2.48. The molecule has 13 nitrogen and oxygen atoms in total. The van der Waals surface area contributed by atoms with Crippen LogP contribution in [0, 0.1) is 18.6 Å². The summed E-state index contributed by atoms with van der Waals surface area (Å²) in [6, 6.07) is -1.43. The van der Waals surface area contributed by atoms with E-state index < -0.39 is 109 Å². The van der Waals surface area contributed by atoms with Crippen LogP contribution in [0.4, 0.5) is 37.8 Å². The third-order valence-corrected chi connectivity index (χ3v) is 13.3. The molecule has 3 aromatic rings. The van der Waals surface area contributed by atoms with Gasteiger partial charge in [-0.3, -0.25) is 13.9 Å². The van der Waals surface area contributed by atoms with E-state index in [0.717, 1.165) is 13.3 Å². The van der Waals surface area contributed by atoms with E-state index in [0.29, 0.717) is 31.9 Å². The fraction of sp³-hybridized carbons (Fsp3) is 0.611. The highest BCUT2D eigenvalue weighted by molar-refractivity contribution is 7.86. The standard InChI is InChI=1S/C36H41F6N7O6S/c1-5-56(51,52)55-18(4)33(50)49-20-7-8-23(49)30-17(3)54-32-24-29(27(39)28(44-32)21-11-22(43)26(38)16(2)25(21)36(40,41)42)45-34(46-31(24)48(30)14-20)53-15-35-9-6-10-47(35)13-19(37)12-35/h11,17-20,23,30H,5-10,12-15,43H2,1-4H3/t17-,18+,19+,20+,23-,30+,35-/m0/s1. The van der Waals surface area contributed by atoms with E-state index in [-0.39, 0.29) is 55.0 Å². The molecular weight excluding hydrogens is 772 g/mol. The second kappa shape index (κ2) is 13.5. The Morgan fingerprint density at radius 2 is 1.91 bits per heavy atom. The van der Waals surface area contributed by atoms with E-state index in [1.807, 2.05) is 9.80 Å². The van der Waals surface area contributed by atoms with Gasteiger partial charge in [-0.1, -0.05) is 0 Å². The van der Waals surface area contributed by atoms with Crippen LogP contribution in [0.5, 0.6) is 11.9 Å². The number of nitrogen functional groups attached to an aromatic ring is 1. The number of hydrogen-bond donors (Lipinski definition) is 1. The van der Waals surface area contributed by atoms with E-state index in [1.54, 1.807) is 11.8 Å². The molecule has 0 spiro atoms. The molecule has 5 aliphatic rings. The molecule has 0 saturated carbocycles. The summed E-state index contributed by atoms with van der Waals surface area (Å²) in [6.45, 7) is 6.28. The van der Waals surface area contributed by atoms with Gasteiger partial charge in [0.05, 0.1) is 34.6 Å². The van der Waals surface area contributed by atoms with E-state index in [1.165, 1.54) is 13.8 Å². The zero-order valence-corrected chi connectivity index (χ0v) is 31.8. The minimum Gasteiger partial charge on any atom is -0.472 e. The van der Waals surface area contributed by atoms with Crippen molar-refractivity contribution in [2.45, 2.75) is 108 Å². The maximum atomic E-state index is 17.1. The molecule has 4 fully saturated rings. The Kier molecular flexibility index (Phi) is 9.30. The monoisotopic (exact) mass is 813 g/mol. The highest BCUT2D eigenvalue weighted by atomic mass is 32.2. The van der Waals surface area contributed by atoms with Crippen molar-refractivity contribution in [2.75, 3.05) is 42.6 Å². The topological polar surface area (TPSA) is 153 Å². The Hall–Kier alpha value is -4.17. The summed E-state index contributed by atoms with van der Waals surface area (Å²) >= 11 is 0. The van der Waals surface area contributed by atoms with Crippen LogP contribution in [0.1, 0.15) is 64.0 Å². The first-order valence-corrected chi connectivity index (χ1v) is 20.2. The van der Waals surface area contributed by atoms with Crippen LogP contribution < -0.4 is 20.1 Å². The SMILES string of the molecule is CCS(=O)(=O)O[C@H](C)C(=O)N1[C@@H]2CC[C@H]1[C@H]1[C@H](C)Oc3nc(-c4cc(N)c(F)c(C)c4C(F)(F)F)c(F)c4nc(OC[C@@]56CCCN5C[C@H](F)C6)nc(c34)N1C2. The van der Waals surface area contributed by atoms with E-state index in [4.69, 9.17) is 24.4 Å². The largest absolute Gasteiger partial charge is 0.472 e. The zero-order chi connectivity index (χ0) is 40.2. The average Bonchev–Trinajstić information content (AvgIpc) is 3.73. The van der Waals surface area contributed by atoms with Gasteiger partial charge in [0.15, 0.2) is 11.9 Å². The van der Waals surface area contributed by atoms with Crippen LogP contribution >= 0.6 is 0 Å². The van der Waals surface area contributed by atoms with Crippen LogP contribution in [0.3, 0.4) is 0 Å². The van der Waals surface area contributed by atoms with Gasteiger partial charge in [-0.15, -0.1) is 0 Å². The van der Waals surface area contributed by atoms with Crippen molar-refractivity contribution in [2.24, 2.45) is 0 Å². The lowest BCUT2D eigenvalue weighted by atomic mass is 9.95. The number of nitrogens with two attached hydrogens (primary N) is 1. The highest BCUT2D eigenvalue weighted by Gasteiger charge is 2.54. The van der Waals surface area contributed by atoms with Gasteiger partial charge in [0, 0.05) is 31.1 Å². The molecule has 7 atom stereocenters. The van der Waals surface area contributed by atoms with Crippen LogP contribution in [0.2, 0.25) is 0 Å². The lowest BCUT2D eigenvalue weighted by molar-refractivity contribution is -0.142. The summed E-state index contributed by atoms with van der Waals surface area (Å²) in [6.07, 6.45) is -5.79. The number of benzene rings is 1. The van der Waals surface area contributed by atoms with Crippen molar-refractivity contribution >= 4 is 38.4 Å². The third kappa shape index (κ3) is 6.16. The molecule has 304 valence electrons. The molecule has 0 radical (unpaired) electrons. The Labute approximate surface area is 318 Å². The van der Waals surface area contributed by atoms with Crippen LogP contribution in [0.15, 0.2) is 6.07 Å². The predicted octanol–water partition coefficient (Wildman–Crippen LogP) is 4.92. The maximum absolute atomic E-state index is 17.1. The number of carbonyl (C=O) groups is 1. The van der Waals surface area contributed by atoms with Crippen molar-refractivity contribution < 1.29 is 53.2 Å². The third-order valence-electron chi connectivity index (χ3n) is 12.0. The number of fused-ring (bicyclic) bond motifs is 6. The summed E-state index contributed by atoms with van der Waals surface area (Å²) in [4.78, 5) is 32.7. The summed E-state index contributed by atoms with van der Waals surface area (Å²) in [7, 11) is -3.98. The molecule has 1 amide bonds. The number of halogens is 6. The minimum absolute atomic E-state index is 0.0425. The first-order chi connectivity index (χ1) is 26.3. The van der Waals surface area contributed by atoms with Gasteiger partial charge < -0.3 is 25.0 Å². The van der Waals surface area contributed by atoms with Gasteiger partial charge in [0.1, 0.15) is 47.1 Å². The van der Waals surface area contributed by atoms with Crippen molar-refractivity contribution in [3.05, 3.63) is 28.8 Å². The van der Waals surface area contributed by atoms with Gasteiger partial charge in [-0.05, 0) is 71.6 Å². The molecule has 2 aromatic heterocycles. The number of piperazine rings is 1. The molecule has 2 bridgehead atoms. The second-order valence-electron chi connectivity index (χ2n) is 15.4. The summed E-state index contributed by atoms with van der Waals surface area (Å²) in [5, 5.41) is -0.0661. The molecule has 7 heterocycles. The van der Waals surface area contributed by atoms with Crippen LogP contribution in [-0.4, -0.2) is 113 Å². The van der Waals surface area contributed by atoms with Crippen molar-refractivity contribution in [3.63, 3.8) is 0 Å². The smallest absolute Gasteiger partial charge is 0.417 e. The highest BCUT2D eigenvalue weighted by Crippen LogP contribution is 2.49. The number of nitrogens with zero attached hydrogens (tertiary/aromatic N) is 6. The quantitative estimate of drug-likeness (QED) is 0.187. The van der Waals surface area contributed by atoms with E-state index >= 15 is 4.39 Å². The fourth-order valence-electron chi connectivity index (χ4n) is 9.56. The van der Waals surface area contributed by atoms with Gasteiger partial charge in [0.2, 0.25) is 5.88 Å². The number of aromatic nitrogens is 3. The molecule has 1 aromatic carbocycles. The van der Waals surface area contributed by atoms with Crippen molar-refractivity contribution in [3.8, 4) is 23.1 Å². The summed E-state index contributed by atoms with van der Waals surface area (Å²) in [5.41, 5.74) is -0.0324. The molecule has 56 heavy (non-hydrogen) atoms. The van der Waals surface area contributed by atoms with Gasteiger partial charge in [-0.2, -0.15) is 31.6 Å². The lowest BCUT2D eigenvalue weighted by Crippen LogP contribution is -2.66. The maximum Gasteiger partial charge on any atom is 0.417 e. The fourth-order valence-corrected chi connectivity index (χ4v) is 10.2. The number of alkyl halides is 4. The zero-order valence-electron chi connectivity index (χ0n) is 31.0. The van der Waals surface area contributed by atoms with Gasteiger partial charge in [0.25, 0.3) is 16.0 Å². The molecule has 0 aliphatic carbocycles. The Morgan fingerprint density at radius 1 is 1.16 bits per heavy atom. The molecule has 8 rings (SSSR count). The normalized spacial score (nSPS) is 27.9. The van der Waals surface area contributed by atoms with Crippen LogP contribution in [0.25, 0.3) is 22.2 Å². The predicted molar refractivity (Wildman–Crippen MR) is 190 cm³/mol. The average molecular weight is 814 g/mol. The Morgan fingerprint density at radius 3 is 2.62 bits per heavy atom. The number of carbonyl (C=O) groups excluding carboxylic acids is 1. The molecular formula is C36H41F6N7O6S. The molecule has 2 N–H and O–H groups in total. The number of rotatable bonds is 8. The van der Waals surface area contributed by atoms with Gasteiger partial charge >= 0.3 is 12.2 Å². The molecule has 4 saturated heterocycles.